The first kappa shape index (κ1) is 13.4. The highest BCUT2D eigenvalue weighted by molar-refractivity contribution is 5.81. The number of hydrazine groups is 1. The van der Waals surface area contributed by atoms with E-state index in [9.17, 15) is 9.90 Å². The number of carbonyl (C=O) groups is 1. The van der Waals surface area contributed by atoms with E-state index < -0.39 is 11.6 Å². The standard InChI is InChI=1S/C10H21N3O3/c1-10(15)4-3-5-13(7-10)8(6-16-2)9(14)12-11/h8,15H,3-7,11H2,1-2H3,(H,12,14). The van der Waals surface area contributed by atoms with Crippen LogP contribution in [0.5, 0.6) is 0 Å². The smallest absolute Gasteiger partial charge is 0.253 e. The molecule has 0 radical (unpaired) electrons. The molecule has 1 aliphatic rings. The van der Waals surface area contributed by atoms with Gasteiger partial charge in [-0.15, -0.1) is 0 Å². The van der Waals surface area contributed by atoms with Crippen molar-refractivity contribution in [1.29, 1.82) is 0 Å². The number of ether oxygens (including phenoxy) is 1. The van der Waals surface area contributed by atoms with E-state index in [0.29, 0.717) is 6.54 Å². The fourth-order valence-corrected chi connectivity index (χ4v) is 2.13. The van der Waals surface area contributed by atoms with E-state index in [-0.39, 0.29) is 12.5 Å². The number of nitrogens with two attached hydrogens (primary N) is 1. The Labute approximate surface area is 95.7 Å². The van der Waals surface area contributed by atoms with Crippen molar-refractivity contribution in [1.82, 2.24) is 10.3 Å². The number of β-amino-alcohol motifs (C(OH)–C–C–N with tert-alkyl or cyclic N) is 1. The van der Waals surface area contributed by atoms with E-state index in [1.165, 1.54) is 0 Å². The predicted molar refractivity (Wildman–Crippen MR) is 59.4 cm³/mol. The van der Waals surface area contributed by atoms with Gasteiger partial charge < -0.3 is 9.84 Å². The van der Waals surface area contributed by atoms with Gasteiger partial charge in [0.1, 0.15) is 6.04 Å². The van der Waals surface area contributed by atoms with Crippen LogP contribution < -0.4 is 11.3 Å². The van der Waals surface area contributed by atoms with Crippen molar-refractivity contribution in [2.24, 2.45) is 5.84 Å². The highest BCUT2D eigenvalue weighted by Gasteiger charge is 2.34. The molecule has 4 N–H and O–H groups in total. The maximum atomic E-state index is 11.6. The number of piperidine rings is 1. The Kier molecular flexibility index (Phi) is 4.67. The van der Waals surface area contributed by atoms with Gasteiger partial charge in [-0.05, 0) is 26.3 Å². The summed E-state index contributed by atoms with van der Waals surface area (Å²) < 4.78 is 5.01. The zero-order chi connectivity index (χ0) is 12.2. The van der Waals surface area contributed by atoms with Crippen LogP contribution in [0, 0.1) is 0 Å². The molecule has 0 aromatic rings. The van der Waals surface area contributed by atoms with Crippen LogP contribution in [0.15, 0.2) is 0 Å². The normalized spacial score (nSPS) is 28.8. The topological polar surface area (TPSA) is 87.8 Å². The second-order valence-electron chi connectivity index (χ2n) is 4.55. The number of amides is 1. The molecule has 1 aliphatic heterocycles. The molecule has 1 saturated heterocycles. The van der Waals surface area contributed by atoms with Crippen LogP contribution in [0.1, 0.15) is 19.8 Å². The van der Waals surface area contributed by atoms with Crippen molar-refractivity contribution in [3.8, 4) is 0 Å². The summed E-state index contributed by atoms with van der Waals surface area (Å²) in [4.78, 5) is 13.5. The molecule has 94 valence electrons. The number of nitrogens with zero attached hydrogens (tertiary/aromatic N) is 1. The molecule has 2 unspecified atom stereocenters. The zero-order valence-corrected chi connectivity index (χ0v) is 9.90. The zero-order valence-electron chi connectivity index (χ0n) is 9.90. The molecule has 16 heavy (non-hydrogen) atoms. The molecule has 0 spiro atoms. The van der Waals surface area contributed by atoms with Crippen LogP contribution in [-0.4, -0.2) is 54.4 Å². The lowest BCUT2D eigenvalue weighted by Crippen LogP contribution is -2.57. The number of methoxy groups -OCH3 is 1. The quantitative estimate of drug-likeness (QED) is 0.323. The third kappa shape index (κ3) is 3.41. The molecule has 0 aromatic carbocycles. The summed E-state index contributed by atoms with van der Waals surface area (Å²) in [6.45, 7) is 3.30. The average molecular weight is 231 g/mol. The summed E-state index contributed by atoms with van der Waals surface area (Å²) >= 11 is 0. The second-order valence-corrected chi connectivity index (χ2v) is 4.55. The summed E-state index contributed by atoms with van der Waals surface area (Å²) in [5.41, 5.74) is 1.40. The van der Waals surface area contributed by atoms with Crippen molar-refractivity contribution >= 4 is 5.91 Å². The van der Waals surface area contributed by atoms with Gasteiger partial charge in [0.15, 0.2) is 0 Å². The molecular weight excluding hydrogens is 210 g/mol. The number of hydrogen-bond acceptors (Lipinski definition) is 5. The average Bonchev–Trinajstić information content (AvgIpc) is 2.23. The number of likely N-dealkylation sites (tertiary alicyclic amines) is 1. The molecule has 0 saturated carbocycles. The van der Waals surface area contributed by atoms with E-state index in [4.69, 9.17) is 10.6 Å². The second kappa shape index (κ2) is 5.58. The summed E-state index contributed by atoms with van der Waals surface area (Å²) in [6.07, 6.45) is 1.62. The predicted octanol–water partition coefficient (Wildman–Crippen LogP) is -1.16. The van der Waals surface area contributed by atoms with Crippen LogP contribution in [0.4, 0.5) is 0 Å². The first-order chi connectivity index (χ1) is 7.50. The van der Waals surface area contributed by atoms with E-state index in [2.05, 4.69) is 5.43 Å². The SMILES string of the molecule is COCC(C(=O)NN)N1CCCC(C)(O)C1. The van der Waals surface area contributed by atoms with E-state index in [1.807, 2.05) is 4.90 Å². The molecule has 1 amide bonds. The van der Waals surface area contributed by atoms with Crippen molar-refractivity contribution in [3.63, 3.8) is 0 Å². The highest BCUT2D eigenvalue weighted by atomic mass is 16.5. The lowest BCUT2D eigenvalue weighted by atomic mass is 9.94. The molecule has 6 heteroatoms. The fraction of sp³-hybridized carbons (Fsp3) is 0.900. The van der Waals surface area contributed by atoms with Crippen LogP contribution in [0.25, 0.3) is 0 Å². The Bertz CT molecular complexity index is 245. The molecule has 1 rings (SSSR count). The fourth-order valence-electron chi connectivity index (χ4n) is 2.13. The van der Waals surface area contributed by atoms with Gasteiger partial charge in [0.2, 0.25) is 0 Å². The van der Waals surface area contributed by atoms with Gasteiger partial charge >= 0.3 is 0 Å². The van der Waals surface area contributed by atoms with Gasteiger partial charge in [-0.25, -0.2) is 5.84 Å². The van der Waals surface area contributed by atoms with Gasteiger partial charge in [-0.1, -0.05) is 0 Å². The molecule has 0 bridgehead atoms. The number of hydrogen-bond donors (Lipinski definition) is 3. The molecule has 0 aromatic heterocycles. The molecule has 1 fully saturated rings. The molecule has 0 aliphatic carbocycles. The highest BCUT2D eigenvalue weighted by Crippen LogP contribution is 2.22. The number of carbonyl (C=O) groups excluding carboxylic acids is 1. The van der Waals surface area contributed by atoms with Crippen LogP contribution in [-0.2, 0) is 9.53 Å². The number of aliphatic hydroxyl groups is 1. The third-order valence-electron chi connectivity index (χ3n) is 2.91. The Morgan fingerprint density at radius 2 is 2.44 bits per heavy atom. The first-order valence-corrected chi connectivity index (χ1v) is 5.46. The van der Waals surface area contributed by atoms with Gasteiger partial charge in [-0.3, -0.25) is 15.1 Å². The number of rotatable bonds is 4. The lowest BCUT2D eigenvalue weighted by Gasteiger charge is -2.40. The van der Waals surface area contributed by atoms with Crippen molar-refractivity contribution in [2.75, 3.05) is 26.8 Å². The van der Waals surface area contributed by atoms with Gasteiger partial charge in [-0.2, -0.15) is 0 Å². The molecule has 1 heterocycles. The Hall–Kier alpha value is -0.690. The van der Waals surface area contributed by atoms with Crippen molar-refractivity contribution in [2.45, 2.75) is 31.4 Å². The van der Waals surface area contributed by atoms with Crippen LogP contribution in [0.3, 0.4) is 0 Å². The molecular formula is C10H21N3O3. The largest absolute Gasteiger partial charge is 0.389 e. The summed E-state index contributed by atoms with van der Waals surface area (Å²) in [7, 11) is 1.54. The maximum absolute atomic E-state index is 11.6. The first-order valence-electron chi connectivity index (χ1n) is 5.46. The van der Waals surface area contributed by atoms with Crippen LogP contribution >= 0.6 is 0 Å². The van der Waals surface area contributed by atoms with Gasteiger partial charge in [0.05, 0.1) is 12.2 Å². The van der Waals surface area contributed by atoms with Crippen LogP contribution in [0.2, 0.25) is 0 Å². The Balaban J connectivity index is 2.66. The summed E-state index contributed by atoms with van der Waals surface area (Å²) in [5.74, 6) is 4.86. The van der Waals surface area contributed by atoms with E-state index >= 15 is 0 Å². The summed E-state index contributed by atoms with van der Waals surface area (Å²) in [5, 5.41) is 9.97. The maximum Gasteiger partial charge on any atom is 0.253 e. The molecule has 2 atom stereocenters. The third-order valence-corrected chi connectivity index (χ3v) is 2.91. The lowest BCUT2D eigenvalue weighted by molar-refractivity contribution is -0.131. The van der Waals surface area contributed by atoms with E-state index in [0.717, 1.165) is 19.4 Å². The molecule has 6 nitrogen and oxygen atoms in total. The summed E-state index contributed by atoms with van der Waals surface area (Å²) in [6, 6.07) is -0.429. The van der Waals surface area contributed by atoms with E-state index in [1.54, 1.807) is 14.0 Å². The minimum atomic E-state index is -0.737. The van der Waals surface area contributed by atoms with Crippen molar-refractivity contribution < 1.29 is 14.6 Å². The monoisotopic (exact) mass is 231 g/mol. The minimum absolute atomic E-state index is 0.277. The Morgan fingerprint density at radius 3 is 2.94 bits per heavy atom. The van der Waals surface area contributed by atoms with Crippen molar-refractivity contribution in [3.05, 3.63) is 0 Å². The minimum Gasteiger partial charge on any atom is -0.389 e. The Morgan fingerprint density at radius 1 is 1.75 bits per heavy atom. The van der Waals surface area contributed by atoms with Gasteiger partial charge in [0.25, 0.3) is 5.91 Å². The number of nitrogens with one attached hydrogen (secondary N) is 1. The van der Waals surface area contributed by atoms with Gasteiger partial charge in [0, 0.05) is 13.7 Å².